The summed E-state index contributed by atoms with van der Waals surface area (Å²) in [5.41, 5.74) is 2.67. The first-order chi connectivity index (χ1) is 11.8. The van der Waals surface area contributed by atoms with Crippen LogP contribution in [0.1, 0.15) is 56.7 Å². The molecule has 0 bridgehead atoms. The zero-order chi connectivity index (χ0) is 17.2. The molecule has 1 N–H and O–H groups in total. The fraction of sp³-hybridized carbons (Fsp3) is 0.455. The van der Waals surface area contributed by atoms with Crippen LogP contribution in [0.4, 0.5) is 0 Å². The zero-order valence-electron chi connectivity index (χ0n) is 15.1. The molecular weight excluding hydrogens is 294 g/mol. The van der Waals surface area contributed by atoms with Gasteiger partial charge in [0, 0.05) is 25.2 Å². The van der Waals surface area contributed by atoms with E-state index in [4.69, 9.17) is 0 Å². The Labute approximate surface area is 147 Å². The van der Waals surface area contributed by atoms with Crippen LogP contribution in [0.25, 0.3) is 0 Å². The molecule has 24 heavy (non-hydrogen) atoms. The van der Waals surface area contributed by atoms with Crippen molar-refractivity contribution in [2.75, 3.05) is 6.61 Å². The molecule has 2 aromatic rings. The minimum Gasteiger partial charge on any atom is -0.396 e. The molecule has 0 aliphatic heterocycles. The summed E-state index contributed by atoms with van der Waals surface area (Å²) in [4.78, 5) is 2.57. The first-order valence-electron chi connectivity index (χ1n) is 9.21. The number of rotatable bonds is 10. The second-order valence-corrected chi connectivity index (χ2v) is 6.55. The maximum atomic E-state index is 9.58. The molecule has 0 fully saturated rings. The Morgan fingerprint density at radius 2 is 1.54 bits per heavy atom. The molecule has 0 radical (unpaired) electrons. The van der Waals surface area contributed by atoms with E-state index in [0.29, 0.717) is 12.1 Å². The van der Waals surface area contributed by atoms with E-state index in [1.165, 1.54) is 24.0 Å². The summed E-state index contributed by atoms with van der Waals surface area (Å²) in [5.74, 6) is 0. The fourth-order valence-electron chi connectivity index (χ4n) is 3.36. The van der Waals surface area contributed by atoms with Crippen molar-refractivity contribution in [3.05, 3.63) is 71.8 Å². The van der Waals surface area contributed by atoms with E-state index in [0.717, 1.165) is 19.4 Å². The highest BCUT2D eigenvalue weighted by Gasteiger charge is 2.24. The van der Waals surface area contributed by atoms with Crippen LogP contribution in [0.5, 0.6) is 0 Å². The fourth-order valence-corrected chi connectivity index (χ4v) is 3.36. The number of unbranched alkanes of at least 4 members (excludes halogenated alkanes) is 1. The van der Waals surface area contributed by atoms with Gasteiger partial charge in [-0.25, -0.2) is 0 Å². The van der Waals surface area contributed by atoms with Gasteiger partial charge in [-0.15, -0.1) is 0 Å². The molecule has 0 heterocycles. The van der Waals surface area contributed by atoms with Gasteiger partial charge < -0.3 is 5.11 Å². The van der Waals surface area contributed by atoms with Crippen molar-refractivity contribution in [1.82, 2.24) is 4.90 Å². The molecule has 0 aliphatic carbocycles. The molecule has 0 spiro atoms. The third-order valence-corrected chi connectivity index (χ3v) is 4.81. The Balaban J connectivity index is 2.24. The highest BCUT2D eigenvalue weighted by molar-refractivity contribution is 5.20. The number of hydrogen-bond donors (Lipinski definition) is 1. The predicted octanol–water partition coefficient (Wildman–Crippen LogP) is 5.19. The van der Waals surface area contributed by atoms with Gasteiger partial charge in [-0.1, -0.05) is 80.4 Å². The third-order valence-electron chi connectivity index (χ3n) is 4.81. The highest BCUT2D eigenvalue weighted by Crippen LogP contribution is 2.28. The van der Waals surface area contributed by atoms with E-state index in [1.807, 2.05) is 0 Å². The van der Waals surface area contributed by atoms with Crippen molar-refractivity contribution >= 4 is 0 Å². The van der Waals surface area contributed by atoms with E-state index in [9.17, 15) is 5.11 Å². The monoisotopic (exact) mass is 325 g/mol. The van der Waals surface area contributed by atoms with Crippen molar-refractivity contribution in [3.63, 3.8) is 0 Å². The molecule has 2 atom stereocenters. The van der Waals surface area contributed by atoms with Gasteiger partial charge in [0.15, 0.2) is 0 Å². The van der Waals surface area contributed by atoms with E-state index in [-0.39, 0.29) is 6.61 Å². The lowest BCUT2D eigenvalue weighted by molar-refractivity contribution is 0.100. The average Bonchev–Trinajstić information content (AvgIpc) is 2.64. The van der Waals surface area contributed by atoms with Gasteiger partial charge in [0.05, 0.1) is 0 Å². The summed E-state index contributed by atoms with van der Waals surface area (Å²) in [6, 6.07) is 22.1. The molecule has 2 heteroatoms. The molecule has 0 saturated heterocycles. The number of benzene rings is 2. The third kappa shape index (κ3) is 5.47. The minimum atomic E-state index is 0.251. The quantitative estimate of drug-likeness (QED) is 0.649. The van der Waals surface area contributed by atoms with Gasteiger partial charge in [0.25, 0.3) is 0 Å². The van der Waals surface area contributed by atoms with Gasteiger partial charge in [-0.3, -0.25) is 4.90 Å². The van der Waals surface area contributed by atoms with Crippen LogP contribution >= 0.6 is 0 Å². The van der Waals surface area contributed by atoms with Crippen LogP contribution < -0.4 is 0 Å². The van der Waals surface area contributed by atoms with E-state index in [2.05, 4.69) is 79.4 Å². The first-order valence-corrected chi connectivity index (χ1v) is 9.21. The van der Waals surface area contributed by atoms with Crippen molar-refractivity contribution < 1.29 is 5.11 Å². The van der Waals surface area contributed by atoms with E-state index in [1.54, 1.807) is 0 Å². The van der Waals surface area contributed by atoms with Crippen LogP contribution in [0.3, 0.4) is 0 Å². The molecule has 2 nitrogen and oxygen atoms in total. The lowest BCUT2D eigenvalue weighted by Crippen LogP contribution is -2.37. The molecule has 0 aromatic heterocycles. The van der Waals surface area contributed by atoms with Crippen LogP contribution in [-0.2, 0) is 6.54 Å². The smallest absolute Gasteiger partial charge is 0.0445 e. The second-order valence-electron chi connectivity index (χ2n) is 6.55. The Hall–Kier alpha value is -1.64. The maximum absolute atomic E-state index is 9.58. The first kappa shape index (κ1) is 18.7. The number of nitrogens with zero attached hydrogens (tertiary/aromatic N) is 1. The average molecular weight is 325 g/mol. The number of aliphatic hydroxyl groups is 1. The van der Waals surface area contributed by atoms with Crippen molar-refractivity contribution in [3.8, 4) is 0 Å². The van der Waals surface area contributed by atoms with E-state index < -0.39 is 0 Å². The Morgan fingerprint density at radius 1 is 0.917 bits per heavy atom. The highest BCUT2D eigenvalue weighted by atomic mass is 16.3. The van der Waals surface area contributed by atoms with Crippen LogP contribution in [0.2, 0.25) is 0 Å². The molecule has 0 amide bonds. The van der Waals surface area contributed by atoms with Gasteiger partial charge >= 0.3 is 0 Å². The van der Waals surface area contributed by atoms with Gasteiger partial charge in [0.1, 0.15) is 0 Å². The lowest BCUT2D eigenvalue weighted by atomic mass is 9.98. The van der Waals surface area contributed by atoms with E-state index >= 15 is 0 Å². The largest absolute Gasteiger partial charge is 0.396 e. The summed E-state index contributed by atoms with van der Waals surface area (Å²) in [7, 11) is 0. The molecular formula is C22H31NO. The van der Waals surface area contributed by atoms with Crippen LogP contribution in [0.15, 0.2) is 60.7 Å². The predicted molar refractivity (Wildman–Crippen MR) is 102 cm³/mol. The second kappa shape index (κ2) is 10.3. The molecule has 0 aliphatic rings. The summed E-state index contributed by atoms with van der Waals surface area (Å²) in [5, 5.41) is 9.58. The van der Waals surface area contributed by atoms with Crippen molar-refractivity contribution in [1.29, 1.82) is 0 Å². The standard InChI is InChI=1S/C22H31NO/c1-3-4-15-22(16-17-24)23(18-20-11-7-5-8-12-20)19(2)21-13-9-6-10-14-21/h5-14,19,22,24H,3-4,15-18H2,1-2H3/t19-,22?/m0/s1. The zero-order valence-corrected chi connectivity index (χ0v) is 15.1. The number of aliphatic hydroxyl groups excluding tert-OH is 1. The summed E-state index contributed by atoms with van der Waals surface area (Å²) >= 11 is 0. The van der Waals surface area contributed by atoms with Gasteiger partial charge in [-0.2, -0.15) is 0 Å². The molecule has 2 aromatic carbocycles. The van der Waals surface area contributed by atoms with Crippen LogP contribution in [0, 0.1) is 0 Å². The lowest BCUT2D eigenvalue weighted by Gasteiger charge is -2.37. The van der Waals surface area contributed by atoms with Crippen molar-refractivity contribution in [2.45, 2.75) is 58.2 Å². The molecule has 1 unspecified atom stereocenters. The molecule has 130 valence electrons. The molecule has 0 saturated carbocycles. The Bertz CT molecular complexity index is 555. The maximum Gasteiger partial charge on any atom is 0.0445 e. The van der Waals surface area contributed by atoms with Gasteiger partial charge in [-0.05, 0) is 30.9 Å². The SMILES string of the molecule is CCCCC(CCO)N(Cc1ccccc1)[C@@H](C)c1ccccc1. The Kier molecular flexibility index (Phi) is 8.00. The summed E-state index contributed by atoms with van der Waals surface area (Å²) in [6.45, 7) is 5.69. The van der Waals surface area contributed by atoms with Crippen molar-refractivity contribution in [2.24, 2.45) is 0 Å². The Morgan fingerprint density at radius 3 is 2.12 bits per heavy atom. The molecule has 2 rings (SSSR count). The summed E-state index contributed by atoms with van der Waals surface area (Å²) < 4.78 is 0. The number of hydrogen-bond acceptors (Lipinski definition) is 2. The summed E-state index contributed by atoms with van der Waals surface area (Å²) in [6.07, 6.45) is 4.38. The topological polar surface area (TPSA) is 23.5 Å². The minimum absolute atomic E-state index is 0.251. The van der Waals surface area contributed by atoms with Crippen LogP contribution in [-0.4, -0.2) is 22.7 Å². The van der Waals surface area contributed by atoms with Gasteiger partial charge in [0.2, 0.25) is 0 Å². The normalized spacial score (nSPS) is 13.8.